The largest absolute Gasteiger partial charge is 0.481 e. The Balaban J connectivity index is 0.000000164. The van der Waals surface area contributed by atoms with Gasteiger partial charge in [-0.2, -0.15) is 0 Å². The number of carboxylic acid groups (broad SMARTS) is 5. The normalized spacial score (nSPS) is 15.4. The molecule has 1 aromatic heterocycles. The van der Waals surface area contributed by atoms with Gasteiger partial charge in [-0.25, -0.2) is 19.2 Å². The highest BCUT2D eigenvalue weighted by atomic mass is 35.5. The maximum absolute atomic E-state index is 12.6. The zero-order valence-corrected chi connectivity index (χ0v) is 80.6. The smallest absolute Gasteiger partial charge is 0.327 e. The lowest BCUT2D eigenvalue weighted by molar-refractivity contribution is -0.142. The van der Waals surface area contributed by atoms with E-state index in [0.717, 1.165) is 51.2 Å². The van der Waals surface area contributed by atoms with Gasteiger partial charge in [-0.1, -0.05) is 157 Å². The topological polar surface area (TPSA) is 524 Å². The summed E-state index contributed by atoms with van der Waals surface area (Å²) in [7, 11) is -1.19. The maximum Gasteiger partial charge on any atom is 0.327 e. The summed E-state index contributed by atoms with van der Waals surface area (Å²) in [6.07, 6.45) is 4.85. The minimum atomic E-state index is -1.31. The molecule has 36 nitrogen and oxygen atoms in total. The number of nitrogens with one attached hydrogen (secondary N) is 1. The number of carboxylic acids is 5. The number of benzene rings is 8. The number of ketones is 2. The molecule has 142 heavy (non-hydrogen) atoms. The summed E-state index contributed by atoms with van der Waals surface area (Å²) < 4.78 is 11.1. The highest BCUT2D eigenvalue weighted by molar-refractivity contribution is 7.84. The Morgan fingerprint density at radius 3 is 1.14 bits per heavy atom. The number of pyridine rings is 1. The van der Waals surface area contributed by atoms with E-state index in [9.17, 15) is 125 Å². The summed E-state index contributed by atoms with van der Waals surface area (Å²) in [5.41, 5.74) is 5.89. The van der Waals surface area contributed by atoms with Crippen molar-refractivity contribution in [1.29, 1.82) is 0 Å². The third kappa shape index (κ3) is 23.5. The molecule has 0 aliphatic carbocycles. The van der Waals surface area contributed by atoms with Crippen LogP contribution in [0.25, 0.3) is 0 Å². The van der Waals surface area contributed by atoms with Crippen LogP contribution in [0.4, 0.5) is 5.69 Å². The molecule has 0 saturated heterocycles. The quantitative estimate of drug-likeness (QED) is 0.0174. The van der Waals surface area contributed by atoms with E-state index in [2.05, 4.69) is 16.9 Å². The summed E-state index contributed by atoms with van der Waals surface area (Å²) in [6.45, 7) is 12.2. The SMILES string of the molecule is C=C(C)Nc1ccc(CC(=O)C(C)N2C(=O)c3ccncc3C2=O)cc1.CC(=O)C(CCC(=O)O)N1C(=O)c2cc(Cl)c(Cl)cc2C1=O.CC(C)CC(C(=O)O)N1C(=O)c2ccc(Cl)cc2C1=O.CS(=O)CCC(C(=O)O)N1C(=O)c2ccccc2C1=O.O=C(O)C(CCCCN1C(=O)c2ccccc2C1=O)N1C(=O)c2ccccc2C1=O.O=C(O)C(Cc1ccccc1)N1C(=O)c2cc(Cl)c(Cl)cc2C1=O. The highest BCUT2D eigenvalue weighted by Gasteiger charge is 2.50. The number of hydrogen-bond donors (Lipinski definition) is 6. The molecule has 8 aromatic carbocycles. The minimum Gasteiger partial charge on any atom is -0.481 e. The molecule has 7 aliphatic rings. The van der Waals surface area contributed by atoms with Crippen molar-refractivity contribution in [3.05, 3.63) is 315 Å². The summed E-state index contributed by atoms with van der Waals surface area (Å²) >= 11 is 29.3. The number of nitrogens with zero attached hydrogens (tertiary/aromatic N) is 8. The van der Waals surface area contributed by atoms with E-state index in [1.807, 2.05) is 45.0 Å². The monoisotopic (exact) mass is 2050 g/mol. The first kappa shape index (κ1) is 107. The fourth-order valence-electron chi connectivity index (χ4n) is 16.2. The van der Waals surface area contributed by atoms with Crippen molar-refractivity contribution in [2.45, 2.75) is 129 Å². The average molecular weight is 2060 g/mol. The first-order valence-corrected chi connectivity index (χ1v) is 46.9. The fraction of sp³-hybridized carbons (Fsp3) is 0.240. The van der Waals surface area contributed by atoms with Gasteiger partial charge in [0.2, 0.25) is 0 Å². The molecule has 7 unspecified atom stereocenters. The van der Waals surface area contributed by atoms with E-state index in [-0.39, 0.29) is 162 Å². The van der Waals surface area contributed by atoms with Crippen molar-refractivity contribution in [2.24, 2.45) is 5.92 Å². The molecule has 7 atom stereocenters. The van der Waals surface area contributed by atoms with E-state index in [0.29, 0.717) is 40.1 Å². The van der Waals surface area contributed by atoms with E-state index in [4.69, 9.17) is 63.1 Å². The molecular weight excluding hydrogens is 1970 g/mol. The Morgan fingerprint density at radius 1 is 0.387 bits per heavy atom. The second-order valence-electron chi connectivity index (χ2n) is 33.3. The van der Waals surface area contributed by atoms with Crippen LogP contribution in [0.15, 0.2) is 201 Å². The number of hydrogen-bond acceptors (Lipinski definition) is 24. The number of Topliss-reactive ketones (excluding diaryl/α,β-unsaturated/α-hetero) is 2. The standard InChI is InChI=1S/C22H18N2O6.C20H19N3O3.C17H11Cl2NO4.C14H11Cl2NO5.C14H14ClNO4.C13H13NO5S/c25-18-13-7-1-2-8-14(13)19(26)23(18)12-6-5-11-17(22(29)30)24-20(27)15-9-3-4-10-16(15)21(24)28;1-12(2)22-15-6-4-14(5-7-15)10-18(24)13(3)23-19(25)16-8-9-21-11-17(16)20(23)26;18-12-7-10-11(8-13(12)19)16(22)20(15(10)21)14(17(23)24)6-9-4-2-1-3-5-9;1-6(18)11(2-3-12(19)20)17-13(21)7-4-9(15)10(16)5-8(7)14(17)22;1-7(2)5-11(14(19)20)16-12(17)9-4-3-8(15)6-10(9)13(16)18;1-20(19)7-6-10(13(17)18)14-11(15)8-4-2-3-5-9(8)12(14)16/h1-4,7-10,17H,5-6,11-12H2,(H,29,30);4-9,11,13,22H,1,10H2,2-3H3;1-5,7-8,14H,6H2,(H,23,24);4-5,11H,2-3H2,1H3,(H,19,20);3-4,6-7,11H,5H2,1-2H3,(H,19,20);2-5,10H,6-7H2,1H3,(H,17,18). The second-order valence-corrected chi connectivity index (χ2v) is 36.9. The Hall–Kier alpha value is -15.3. The summed E-state index contributed by atoms with van der Waals surface area (Å²) in [5.74, 6) is -14.6. The van der Waals surface area contributed by atoms with Crippen LogP contribution in [0.3, 0.4) is 0 Å². The van der Waals surface area contributed by atoms with Crippen LogP contribution in [0.1, 0.15) is 236 Å². The Labute approximate surface area is 836 Å². The molecule has 9 aromatic rings. The van der Waals surface area contributed by atoms with Gasteiger partial charge in [0.25, 0.3) is 82.7 Å². The summed E-state index contributed by atoms with van der Waals surface area (Å²) in [6, 6.07) is 39.2. The molecule has 734 valence electrons. The van der Waals surface area contributed by atoms with Crippen LogP contribution in [-0.4, -0.2) is 248 Å². The van der Waals surface area contributed by atoms with E-state index >= 15 is 0 Å². The number of anilines is 1. The van der Waals surface area contributed by atoms with E-state index < -0.39 is 154 Å². The molecule has 0 spiro atoms. The van der Waals surface area contributed by atoms with E-state index in [1.54, 1.807) is 85.8 Å². The lowest BCUT2D eigenvalue weighted by Crippen LogP contribution is -2.46. The predicted octanol–water partition coefficient (Wildman–Crippen LogP) is 13.7. The molecule has 6 N–H and O–H groups in total. The molecule has 0 radical (unpaired) electrons. The predicted molar refractivity (Wildman–Crippen MR) is 513 cm³/mol. The summed E-state index contributed by atoms with van der Waals surface area (Å²) in [4.78, 5) is 264. The minimum absolute atomic E-state index is 0.0170. The van der Waals surface area contributed by atoms with Crippen molar-refractivity contribution < 1.29 is 130 Å². The van der Waals surface area contributed by atoms with Gasteiger partial charge in [0.05, 0.1) is 110 Å². The number of fused-ring (bicyclic) bond motifs is 7. The lowest BCUT2D eigenvalue weighted by Gasteiger charge is -2.23. The van der Waals surface area contributed by atoms with Crippen molar-refractivity contribution in [3.63, 3.8) is 0 Å². The molecule has 8 heterocycles. The highest BCUT2D eigenvalue weighted by Crippen LogP contribution is 2.38. The van der Waals surface area contributed by atoms with Crippen LogP contribution in [0.5, 0.6) is 0 Å². The number of halogens is 5. The number of rotatable bonds is 31. The Morgan fingerprint density at radius 2 is 0.746 bits per heavy atom. The van der Waals surface area contributed by atoms with Gasteiger partial charge in [0, 0.05) is 77.4 Å². The molecule has 0 bridgehead atoms. The van der Waals surface area contributed by atoms with Crippen molar-refractivity contribution >= 4 is 199 Å². The van der Waals surface area contributed by atoms with Crippen LogP contribution < -0.4 is 5.32 Å². The third-order valence-corrected chi connectivity index (χ3v) is 25.6. The van der Waals surface area contributed by atoms with Crippen molar-refractivity contribution in [3.8, 4) is 0 Å². The van der Waals surface area contributed by atoms with Gasteiger partial charge in [-0.05, 0) is 173 Å². The van der Waals surface area contributed by atoms with Crippen LogP contribution >= 0.6 is 58.0 Å². The number of aliphatic carboxylic acids is 5. The van der Waals surface area contributed by atoms with E-state index in [1.165, 1.54) is 98.4 Å². The first-order chi connectivity index (χ1) is 67.2. The van der Waals surface area contributed by atoms with Gasteiger partial charge < -0.3 is 30.8 Å². The van der Waals surface area contributed by atoms with Gasteiger partial charge in [0.1, 0.15) is 24.2 Å². The molecule has 14 amide bonds. The van der Waals surface area contributed by atoms with Crippen LogP contribution in [0.2, 0.25) is 25.1 Å². The molecule has 42 heteroatoms. The molecule has 16 rings (SSSR count). The number of allylic oxidation sites excluding steroid dienone is 1. The number of aromatic nitrogens is 1. The maximum atomic E-state index is 12.6. The zero-order valence-electron chi connectivity index (χ0n) is 76.0. The Kier molecular flexibility index (Phi) is 34.9. The zero-order chi connectivity index (χ0) is 104. The number of carbonyl (C=O) groups excluding carboxylic acids is 16. The second kappa shape index (κ2) is 46.2. The Bertz CT molecular complexity index is 6590. The fourth-order valence-corrected chi connectivity index (χ4v) is 17.6. The molecule has 0 fully saturated rings. The average Bonchev–Trinajstić information content (AvgIpc) is 1.59. The lowest BCUT2D eigenvalue weighted by atomic mass is 10.0. The van der Waals surface area contributed by atoms with Crippen molar-refractivity contribution in [2.75, 3.05) is 23.9 Å². The number of carbonyl (C=O) groups is 21. The molecule has 0 saturated carbocycles. The molecule has 7 aliphatic heterocycles. The van der Waals surface area contributed by atoms with Crippen LogP contribution in [0, 0.1) is 5.92 Å². The first-order valence-electron chi connectivity index (χ1n) is 43.3. The van der Waals surface area contributed by atoms with Crippen LogP contribution in [-0.2, 0) is 57.2 Å². The van der Waals surface area contributed by atoms with Gasteiger partial charge >= 0.3 is 29.8 Å². The summed E-state index contributed by atoms with van der Waals surface area (Å²) in [5, 5.41) is 50.3. The van der Waals surface area contributed by atoms with Gasteiger partial charge in [-0.15, -0.1) is 0 Å². The molecular formula is C100H86Cl5N9O27S. The number of amides is 14. The third-order valence-electron chi connectivity index (χ3n) is 23.1. The number of imide groups is 7. The number of unbranched alkanes of at least 4 members (excludes halogenated alkanes) is 1. The van der Waals surface area contributed by atoms with Gasteiger partial charge in [-0.3, -0.25) is 125 Å². The van der Waals surface area contributed by atoms with Crippen molar-refractivity contribution in [1.82, 2.24) is 39.3 Å². The van der Waals surface area contributed by atoms with Gasteiger partial charge in [0.15, 0.2) is 11.6 Å².